The number of fused-ring (bicyclic) bond motifs is 1. The minimum Gasteiger partial charge on any atom is -0.459 e. The molecule has 3 aromatic rings. The van der Waals surface area contributed by atoms with E-state index in [-0.39, 0.29) is 23.9 Å². The van der Waals surface area contributed by atoms with Gasteiger partial charge in [0.15, 0.2) is 10.9 Å². The predicted molar refractivity (Wildman–Crippen MR) is 103 cm³/mol. The van der Waals surface area contributed by atoms with E-state index in [0.717, 1.165) is 22.7 Å². The molecule has 1 aromatic carbocycles. The topological polar surface area (TPSA) is 87.5 Å². The van der Waals surface area contributed by atoms with Crippen LogP contribution in [-0.4, -0.2) is 34.8 Å². The van der Waals surface area contributed by atoms with Crippen LogP contribution in [0.2, 0.25) is 0 Å². The zero-order chi connectivity index (χ0) is 20.4. The summed E-state index contributed by atoms with van der Waals surface area (Å²) in [5.74, 6) is -2.10. The van der Waals surface area contributed by atoms with Crippen LogP contribution in [0.15, 0.2) is 41.0 Å². The first-order valence-electron chi connectivity index (χ1n) is 8.78. The van der Waals surface area contributed by atoms with Crippen molar-refractivity contribution in [2.75, 3.05) is 23.7 Å². The molecule has 0 radical (unpaired) electrons. The number of nitrogens with one attached hydrogen (secondary N) is 2. The molecule has 0 unspecified atom stereocenters. The van der Waals surface area contributed by atoms with Gasteiger partial charge in [0.1, 0.15) is 11.6 Å². The lowest BCUT2D eigenvalue weighted by Crippen LogP contribution is -2.36. The van der Waals surface area contributed by atoms with Crippen molar-refractivity contribution in [2.24, 2.45) is 0 Å². The number of anilines is 2. The maximum absolute atomic E-state index is 13.7. The first-order chi connectivity index (χ1) is 14.0. The fourth-order valence-corrected chi connectivity index (χ4v) is 4.03. The fraction of sp³-hybridized carbons (Fsp3) is 0.211. The number of hydrogen-bond acceptors (Lipinski definition) is 6. The summed E-state index contributed by atoms with van der Waals surface area (Å²) in [6.07, 6.45) is 2.04. The lowest BCUT2D eigenvalue weighted by Gasteiger charge is -2.25. The second kappa shape index (κ2) is 8.10. The molecule has 7 nitrogen and oxygen atoms in total. The second-order valence-electron chi connectivity index (χ2n) is 6.45. The number of nitrogens with zero attached hydrogens (tertiary/aromatic N) is 2. The van der Waals surface area contributed by atoms with Gasteiger partial charge in [-0.3, -0.25) is 19.8 Å². The summed E-state index contributed by atoms with van der Waals surface area (Å²) >= 11 is 1.34. The molecule has 0 saturated carbocycles. The molecule has 2 N–H and O–H groups in total. The molecule has 10 heteroatoms. The molecular formula is C19H16F2N4O3S. The normalized spacial score (nSPS) is 13.7. The van der Waals surface area contributed by atoms with E-state index in [1.165, 1.54) is 23.7 Å². The average Bonchev–Trinajstić information content (AvgIpc) is 3.33. The van der Waals surface area contributed by atoms with E-state index < -0.39 is 17.5 Å². The van der Waals surface area contributed by atoms with E-state index in [1.54, 1.807) is 12.1 Å². The van der Waals surface area contributed by atoms with Crippen LogP contribution in [0.25, 0.3) is 0 Å². The number of carbonyl (C=O) groups is 2. The number of halogens is 2. The highest BCUT2D eigenvalue weighted by atomic mass is 32.1. The minimum atomic E-state index is -0.821. The Hall–Kier alpha value is -3.11. The molecule has 0 fully saturated rings. The summed E-state index contributed by atoms with van der Waals surface area (Å²) in [5, 5.41) is 5.63. The van der Waals surface area contributed by atoms with Gasteiger partial charge in [-0.05, 0) is 24.3 Å². The van der Waals surface area contributed by atoms with E-state index >= 15 is 0 Å². The van der Waals surface area contributed by atoms with Crippen LogP contribution in [0.1, 0.15) is 21.1 Å². The summed E-state index contributed by atoms with van der Waals surface area (Å²) in [6.45, 7) is 1.15. The minimum absolute atomic E-state index is 0.0578. The Bertz CT molecular complexity index is 1050. The molecule has 0 atom stereocenters. The van der Waals surface area contributed by atoms with Gasteiger partial charge in [-0.25, -0.2) is 13.8 Å². The molecule has 2 aromatic heterocycles. The molecule has 1 aliphatic rings. The van der Waals surface area contributed by atoms with Crippen molar-refractivity contribution >= 4 is 34.0 Å². The maximum atomic E-state index is 13.7. The number of rotatable bonds is 5. The Morgan fingerprint density at radius 2 is 2.10 bits per heavy atom. The van der Waals surface area contributed by atoms with E-state index in [2.05, 4.69) is 15.6 Å². The molecule has 29 heavy (non-hydrogen) atoms. The monoisotopic (exact) mass is 418 g/mol. The standard InChI is InChI=1S/C19H16F2N4O3S/c20-11-3-4-13(12(21)8-11)22-17(26)10-25-6-5-14-16(9-25)29-19(23-14)24-18(27)15-2-1-7-28-15/h1-4,7-8H,5-6,9-10H2,(H,22,26)(H,23,24,27). The van der Waals surface area contributed by atoms with Crippen molar-refractivity contribution in [3.05, 3.63) is 64.6 Å². The molecule has 150 valence electrons. The van der Waals surface area contributed by atoms with Crippen LogP contribution < -0.4 is 10.6 Å². The maximum Gasteiger partial charge on any atom is 0.293 e. The van der Waals surface area contributed by atoms with Crippen LogP contribution in [0, 0.1) is 11.6 Å². The van der Waals surface area contributed by atoms with Gasteiger partial charge in [-0.2, -0.15) is 0 Å². The van der Waals surface area contributed by atoms with Crippen molar-refractivity contribution in [2.45, 2.75) is 13.0 Å². The summed E-state index contributed by atoms with van der Waals surface area (Å²) in [6, 6.07) is 6.18. The van der Waals surface area contributed by atoms with Gasteiger partial charge in [-0.15, -0.1) is 11.3 Å². The molecule has 0 spiro atoms. The Morgan fingerprint density at radius 1 is 1.24 bits per heavy atom. The molecular weight excluding hydrogens is 402 g/mol. The quantitative estimate of drug-likeness (QED) is 0.664. The van der Waals surface area contributed by atoms with Crippen LogP contribution >= 0.6 is 11.3 Å². The highest BCUT2D eigenvalue weighted by molar-refractivity contribution is 7.15. The molecule has 2 amide bonds. The zero-order valence-corrected chi connectivity index (χ0v) is 15.9. The average molecular weight is 418 g/mol. The second-order valence-corrected chi connectivity index (χ2v) is 7.54. The fourth-order valence-electron chi connectivity index (χ4n) is 2.99. The van der Waals surface area contributed by atoms with Crippen molar-refractivity contribution in [3.8, 4) is 0 Å². The van der Waals surface area contributed by atoms with E-state index in [4.69, 9.17) is 4.42 Å². The van der Waals surface area contributed by atoms with Gasteiger partial charge < -0.3 is 9.73 Å². The smallest absolute Gasteiger partial charge is 0.293 e. The zero-order valence-electron chi connectivity index (χ0n) is 15.1. The van der Waals surface area contributed by atoms with Gasteiger partial charge in [0.25, 0.3) is 5.91 Å². The molecule has 0 bridgehead atoms. The van der Waals surface area contributed by atoms with Crippen molar-refractivity contribution in [3.63, 3.8) is 0 Å². The molecule has 1 aliphatic heterocycles. The largest absolute Gasteiger partial charge is 0.459 e. The van der Waals surface area contributed by atoms with Gasteiger partial charge >= 0.3 is 0 Å². The Morgan fingerprint density at radius 3 is 2.86 bits per heavy atom. The first-order valence-corrected chi connectivity index (χ1v) is 9.60. The Balaban J connectivity index is 1.35. The van der Waals surface area contributed by atoms with Gasteiger partial charge in [0, 0.05) is 30.5 Å². The Labute approximate surface area is 168 Å². The lowest BCUT2D eigenvalue weighted by molar-refractivity contribution is -0.117. The third-order valence-electron chi connectivity index (χ3n) is 4.35. The number of amides is 2. The summed E-state index contributed by atoms with van der Waals surface area (Å²) < 4.78 is 31.7. The van der Waals surface area contributed by atoms with Crippen LogP contribution in [0.4, 0.5) is 19.6 Å². The molecule has 0 aliphatic carbocycles. The number of benzene rings is 1. The summed E-state index contributed by atoms with van der Waals surface area (Å²) in [5.41, 5.74) is 0.820. The van der Waals surface area contributed by atoms with Crippen LogP contribution in [0.3, 0.4) is 0 Å². The van der Waals surface area contributed by atoms with Crippen LogP contribution in [0.5, 0.6) is 0 Å². The third-order valence-corrected chi connectivity index (χ3v) is 5.35. The van der Waals surface area contributed by atoms with Crippen molar-refractivity contribution in [1.82, 2.24) is 9.88 Å². The highest BCUT2D eigenvalue weighted by Crippen LogP contribution is 2.28. The third kappa shape index (κ3) is 4.49. The first kappa shape index (κ1) is 19.2. The van der Waals surface area contributed by atoms with Gasteiger partial charge in [-0.1, -0.05) is 0 Å². The molecule has 4 rings (SSSR count). The Kier molecular flexibility index (Phi) is 5.36. The van der Waals surface area contributed by atoms with Gasteiger partial charge in [0.2, 0.25) is 5.91 Å². The van der Waals surface area contributed by atoms with E-state index in [9.17, 15) is 18.4 Å². The number of carbonyl (C=O) groups excluding carboxylic acids is 2. The van der Waals surface area contributed by atoms with Gasteiger partial charge in [0.05, 0.1) is 24.2 Å². The summed E-state index contributed by atoms with van der Waals surface area (Å²) in [4.78, 5) is 31.6. The number of thiazole rings is 1. The van der Waals surface area contributed by atoms with Crippen molar-refractivity contribution in [1.29, 1.82) is 0 Å². The lowest BCUT2D eigenvalue weighted by atomic mass is 10.2. The number of hydrogen-bond donors (Lipinski definition) is 2. The molecule has 0 saturated heterocycles. The molecule has 3 heterocycles. The van der Waals surface area contributed by atoms with E-state index in [1.807, 2.05) is 4.90 Å². The SMILES string of the molecule is O=C(CN1CCc2nc(NC(=O)c3ccco3)sc2C1)Nc1ccc(F)cc1F. The number of aromatic nitrogens is 1. The summed E-state index contributed by atoms with van der Waals surface area (Å²) in [7, 11) is 0. The van der Waals surface area contributed by atoms with Crippen LogP contribution in [-0.2, 0) is 17.8 Å². The van der Waals surface area contributed by atoms with E-state index in [0.29, 0.717) is 24.6 Å². The predicted octanol–water partition coefficient (Wildman–Crippen LogP) is 3.26. The highest BCUT2D eigenvalue weighted by Gasteiger charge is 2.23. The van der Waals surface area contributed by atoms with Crippen molar-refractivity contribution < 1.29 is 22.8 Å². The number of furan rings is 1.